The van der Waals surface area contributed by atoms with Crippen LogP contribution in [0.3, 0.4) is 0 Å². The Morgan fingerprint density at radius 1 is 1.31 bits per heavy atom. The molecule has 0 heterocycles. The molecule has 4 heteroatoms. The van der Waals surface area contributed by atoms with Crippen LogP contribution in [0.5, 0.6) is 0 Å². The van der Waals surface area contributed by atoms with E-state index >= 15 is 0 Å². The Morgan fingerprint density at radius 3 is 2.31 bits per heavy atom. The van der Waals surface area contributed by atoms with Crippen molar-refractivity contribution in [2.75, 3.05) is 0 Å². The molecule has 0 aromatic carbocycles. The zero-order valence-electron chi connectivity index (χ0n) is 7.28. The van der Waals surface area contributed by atoms with Gasteiger partial charge < -0.3 is 5.11 Å². The third kappa shape index (κ3) is 2.65. The number of rotatable bonds is 3. The fourth-order valence-electron chi connectivity index (χ4n) is 1.55. The second kappa shape index (κ2) is 4.16. The second-order valence-electron chi connectivity index (χ2n) is 3.27. The van der Waals surface area contributed by atoms with Crippen molar-refractivity contribution >= 4 is 17.5 Å². The monoisotopic (exact) mass is 184 g/mol. The van der Waals surface area contributed by atoms with Crippen LogP contribution in [0.2, 0.25) is 0 Å². The van der Waals surface area contributed by atoms with Gasteiger partial charge in [0.15, 0.2) is 0 Å². The number of carbonyl (C=O) groups excluding carboxylic acids is 2. The average molecular weight is 184 g/mol. The molecule has 0 unspecified atom stereocenters. The van der Waals surface area contributed by atoms with E-state index < -0.39 is 11.9 Å². The number of hydrogen-bond donors (Lipinski definition) is 1. The molecule has 1 saturated carbocycles. The van der Waals surface area contributed by atoms with E-state index in [4.69, 9.17) is 5.11 Å². The molecule has 0 amide bonds. The Bertz CT molecular complexity index is 228. The number of carboxylic acids is 1. The van der Waals surface area contributed by atoms with E-state index in [9.17, 15) is 14.4 Å². The van der Waals surface area contributed by atoms with E-state index in [0.717, 1.165) is 0 Å². The predicted molar refractivity (Wildman–Crippen MR) is 44.2 cm³/mol. The van der Waals surface area contributed by atoms with Gasteiger partial charge in [0, 0.05) is 19.3 Å². The average Bonchev–Trinajstić information content (AvgIpc) is 2.03. The first kappa shape index (κ1) is 9.89. The van der Waals surface area contributed by atoms with Gasteiger partial charge in [-0.1, -0.05) is 0 Å². The van der Waals surface area contributed by atoms with Crippen LogP contribution in [0, 0.1) is 5.92 Å². The van der Waals surface area contributed by atoms with E-state index in [-0.39, 0.29) is 24.4 Å². The number of aliphatic carboxylic acids is 1. The largest absolute Gasteiger partial charge is 0.481 e. The Balaban J connectivity index is 2.49. The second-order valence-corrected chi connectivity index (χ2v) is 3.27. The van der Waals surface area contributed by atoms with Crippen LogP contribution in [0.4, 0.5) is 0 Å². The van der Waals surface area contributed by atoms with Gasteiger partial charge in [0.05, 0.1) is 5.92 Å². The highest BCUT2D eigenvalue weighted by Crippen LogP contribution is 2.21. The molecule has 1 rings (SSSR count). The number of ketones is 2. The normalized spacial score (nSPS) is 19.1. The standard InChI is InChI=1S/C9H12O4/c10-7-2-1-3-8(11)6(7)4-5-9(12)13/h6H,1-5H2,(H,12,13). The highest BCUT2D eigenvalue weighted by molar-refractivity contribution is 6.04. The zero-order chi connectivity index (χ0) is 9.84. The third-order valence-electron chi connectivity index (χ3n) is 2.27. The molecule has 1 fully saturated rings. The van der Waals surface area contributed by atoms with Crippen LogP contribution >= 0.6 is 0 Å². The lowest BCUT2D eigenvalue weighted by molar-refractivity contribution is -0.139. The molecular weight excluding hydrogens is 172 g/mol. The summed E-state index contributed by atoms with van der Waals surface area (Å²) in [6.07, 6.45) is 1.56. The molecule has 0 spiro atoms. The van der Waals surface area contributed by atoms with Gasteiger partial charge >= 0.3 is 5.97 Å². The maximum atomic E-state index is 11.2. The van der Waals surface area contributed by atoms with Gasteiger partial charge in [0.25, 0.3) is 0 Å². The molecule has 0 aromatic rings. The summed E-state index contributed by atoms with van der Waals surface area (Å²) < 4.78 is 0. The minimum absolute atomic E-state index is 0.0856. The van der Waals surface area contributed by atoms with Crippen LogP contribution in [0.1, 0.15) is 32.1 Å². The molecule has 1 aliphatic carbocycles. The summed E-state index contributed by atoms with van der Waals surface area (Å²) in [4.78, 5) is 32.6. The molecule has 13 heavy (non-hydrogen) atoms. The summed E-state index contributed by atoms with van der Waals surface area (Å²) in [5.74, 6) is -1.76. The molecule has 1 N–H and O–H groups in total. The molecule has 0 aromatic heterocycles. The molecule has 0 bridgehead atoms. The van der Waals surface area contributed by atoms with Gasteiger partial charge in [0.1, 0.15) is 11.6 Å². The minimum Gasteiger partial charge on any atom is -0.481 e. The fourth-order valence-corrected chi connectivity index (χ4v) is 1.55. The first-order valence-electron chi connectivity index (χ1n) is 4.38. The summed E-state index contributed by atoms with van der Waals surface area (Å²) in [5, 5.41) is 8.39. The Labute approximate surface area is 75.9 Å². The summed E-state index contributed by atoms with van der Waals surface area (Å²) in [5.41, 5.74) is 0. The van der Waals surface area contributed by atoms with Crippen LogP contribution in [-0.4, -0.2) is 22.6 Å². The van der Waals surface area contributed by atoms with Crippen LogP contribution in [-0.2, 0) is 14.4 Å². The summed E-state index contributed by atoms with van der Waals surface area (Å²) in [6.45, 7) is 0. The van der Waals surface area contributed by atoms with Crippen molar-refractivity contribution in [3.63, 3.8) is 0 Å². The first-order valence-corrected chi connectivity index (χ1v) is 4.38. The van der Waals surface area contributed by atoms with Gasteiger partial charge in [-0.05, 0) is 12.8 Å². The quantitative estimate of drug-likeness (QED) is 0.658. The lowest BCUT2D eigenvalue weighted by Crippen LogP contribution is -2.28. The van der Waals surface area contributed by atoms with Crippen molar-refractivity contribution in [1.29, 1.82) is 0 Å². The zero-order valence-corrected chi connectivity index (χ0v) is 7.28. The molecular formula is C9H12O4. The van der Waals surface area contributed by atoms with E-state index in [2.05, 4.69) is 0 Å². The Hall–Kier alpha value is -1.19. The summed E-state index contributed by atoms with van der Waals surface area (Å²) >= 11 is 0. The first-order chi connectivity index (χ1) is 6.11. The molecule has 0 aliphatic heterocycles. The Kier molecular flexibility index (Phi) is 3.17. The predicted octanol–water partition coefficient (Wildman–Crippen LogP) is 0.790. The van der Waals surface area contributed by atoms with E-state index in [1.807, 2.05) is 0 Å². The molecule has 4 nitrogen and oxygen atoms in total. The number of carbonyl (C=O) groups is 3. The van der Waals surface area contributed by atoms with Crippen molar-refractivity contribution in [3.05, 3.63) is 0 Å². The van der Waals surface area contributed by atoms with Crippen LogP contribution in [0.25, 0.3) is 0 Å². The fraction of sp³-hybridized carbons (Fsp3) is 0.667. The van der Waals surface area contributed by atoms with Crippen molar-refractivity contribution in [2.24, 2.45) is 5.92 Å². The lowest BCUT2D eigenvalue weighted by atomic mass is 9.84. The molecule has 0 saturated heterocycles. The molecule has 0 radical (unpaired) electrons. The SMILES string of the molecule is O=C(O)CCC1C(=O)CCCC1=O. The van der Waals surface area contributed by atoms with Crippen LogP contribution < -0.4 is 0 Å². The van der Waals surface area contributed by atoms with Crippen molar-refractivity contribution in [3.8, 4) is 0 Å². The minimum atomic E-state index is -0.953. The molecule has 72 valence electrons. The van der Waals surface area contributed by atoms with E-state index in [1.165, 1.54) is 0 Å². The molecule has 0 atom stereocenters. The van der Waals surface area contributed by atoms with Crippen molar-refractivity contribution < 1.29 is 19.5 Å². The highest BCUT2D eigenvalue weighted by atomic mass is 16.4. The van der Waals surface area contributed by atoms with Crippen molar-refractivity contribution in [2.45, 2.75) is 32.1 Å². The van der Waals surface area contributed by atoms with Gasteiger partial charge in [-0.2, -0.15) is 0 Å². The topological polar surface area (TPSA) is 71.4 Å². The summed E-state index contributed by atoms with van der Waals surface area (Å²) in [6, 6.07) is 0. The van der Waals surface area contributed by atoms with Crippen molar-refractivity contribution in [1.82, 2.24) is 0 Å². The highest BCUT2D eigenvalue weighted by Gasteiger charge is 2.29. The van der Waals surface area contributed by atoms with E-state index in [0.29, 0.717) is 19.3 Å². The maximum Gasteiger partial charge on any atom is 0.303 e. The smallest absolute Gasteiger partial charge is 0.303 e. The lowest BCUT2D eigenvalue weighted by Gasteiger charge is -2.17. The van der Waals surface area contributed by atoms with E-state index in [1.54, 1.807) is 0 Å². The van der Waals surface area contributed by atoms with Gasteiger partial charge in [-0.25, -0.2) is 0 Å². The summed E-state index contributed by atoms with van der Waals surface area (Å²) in [7, 11) is 0. The van der Waals surface area contributed by atoms with Crippen LogP contribution in [0.15, 0.2) is 0 Å². The number of Topliss-reactive ketones (excluding diaryl/α,β-unsaturated/α-hetero) is 2. The maximum absolute atomic E-state index is 11.2. The Morgan fingerprint density at radius 2 is 1.85 bits per heavy atom. The van der Waals surface area contributed by atoms with Gasteiger partial charge in [0.2, 0.25) is 0 Å². The van der Waals surface area contributed by atoms with Gasteiger partial charge in [-0.15, -0.1) is 0 Å². The third-order valence-corrected chi connectivity index (χ3v) is 2.27. The molecule has 1 aliphatic rings. The van der Waals surface area contributed by atoms with Gasteiger partial charge in [-0.3, -0.25) is 14.4 Å². The number of carboxylic acid groups (broad SMARTS) is 1. The number of hydrogen-bond acceptors (Lipinski definition) is 3.